The first kappa shape index (κ1) is 13.3. The van der Waals surface area contributed by atoms with E-state index in [4.69, 9.17) is 0 Å². The molecule has 0 radical (unpaired) electrons. The summed E-state index contributed by atoms with van der Waals surface area (Å²) >= 11 is 0. The van der Waals surface area contributed by atoms with Crippen molar-refractivity contribution < 1.29 is 5.11 Å². The van der Waals surface area contributed by atoms with Gasteiger partial charge in [0, 0.05) is 19.1 Å². The molecular formula is C14H28N2O. The van der Waals surface area contributed by atoms with Crippen molar-refractivity contribution in [3.05, 3.63) is 0 Å². The fraction of sp³-hybridized carbons (Fsp3) is 1.00. The molecule has 2 rings (SSSR count). The molecule has 3 heteroatoms. The van der Waals surface area contributed by atoms with Gasteiger partial charge in [0.1, 0.15) is 0 Å². The average molecular weight is 240 g/mol. The Balaban J connectivity index is 1.73. The van der Waals surface area contributed by atoms with E-state index in [1.165, 1.54) is 45.1 Å². The number of likely N-dealkylation sites (N-methyl/N-ethyl adjacent to an activating group) is 1. The highest BCUT2D eigenvalue weighted by atomic mass is 16.3. The lowest BCUT2D eigenvalue weighted by atomic mass is 9.84. The summed E-state index contributed by atoms with van der Waals surface area (Å²) in [4.78, 5) is 2.33. The van der Waals surface area contributed by atoms with Gasteiger partial charge in [0.25, 0.3) is 0 Å². The maximum absolute atomic E-state index is 10.5. The fourth-order valence-electron chi connectivity index (χ4n) is 3.39. The first-order valence-corrected chi connectivity index (χ1v) is 7.32. The Kier molecular flexibility index (Phi) is 4.83. The van der Waals surface area contributed by atoms with E-state index in [0.29, 0.717) is 6.04 Å². The molecule has 17 heavy (non-hydrogen) atoms. The molecule has 2 N–H and O–H groups in total. The lowest BCUT2D eigenvalue weighted by molar-refractivity contribution is -0.0226. The number of rotatable bonds is 4. The topological polar surface area (TPSA) is 35.5 Å². The minimum atomic E-state index is -0.401. The molecular weight excluding hydrogens is 212 g/mol. The molecule has 3 nitrogen and oxygen atoms in total. The fourth-order valence-corrected chi connectivity index (χ4v) is 3.39. The zero-order valence-corrected chi connectivity index (χ0v) is 11.2. The Bertz CT molecular complexity index is 220. The lowest BCUT2D eigenvalue weighted by Crippen LogP contribution is -2.48. The van der Waals surface area contributed by atoms with Crippen molar-refractivity contribution in [2.75, 3.05) is 26.7 Å². The molecule has 0 amide bonds. The minimum Gasteiger partial charge on any atom is -0.389 e. The molecule has 0 aromatic heterocycles. The van der Waals surface area contributed by atoms with Gasteiger partial charge in [0.15, 0.2) is 0 Å². The molecule has 0 aromatic carbocycles. The lowest BCUT2D eigenvalue weighted by Gasteiger charge is -2.37. The van der Waals surface area contributed by atoms with Gasteiger partial charge in [0.2, 0.25) is 0 Å². The van der Waals surface area contributed by atoms with Gasteiger partial charge in [-0.1, -0.05) is 25.7 Å². The van der Waals surface area contributed by atoms with Crippen LogP contribution in [-0.2, 0) is 0 Å². The van der Waals surface area contributed by atoms with Crippen LogP contribution < -0.4 is 5.32 Å². The maximum Gasteiger partial charge on any atom is 0.0774 e. The van der Waals surface area contributed by atoms with E-state index in [1.807, 2.05) is 0 Å². The van der Waals surface area contributed by atoms with Gasteiger partial charge in [-0.3, -0.25) is 0 Å². The summed E-state index contributed by atoms with van der Waals surface area (Å²) < 4.78 is 0. The van der Waals surface area contributed by atoms with Crippen LogP contribution >= 0.6 is 0 Å². The number of nitrogens with zero attached hydrogens (tertiary/aromatic N) is 1. The number of hydrogen-bond donors (Lipinski definition) is 2. The van der Waals surface area contributed by atoms with Gasteiger partial charge in [-0.25, -0.2) is 0 Å². The molecule has 1 aliphatic carbocycles. The van der Waals surface area contributed by atoms with E-state index < -0.39 is 5.60 Å². The van der Waals surface area contributed by atoms with Crippen molar-refractivity contribution in [3.63, 3.8) is 0 Å². The van der Waals surface area contributed by atoms with E-state index in [0.717, 1.165) is 25.9 Å². The second kappa shape index (κ2) is 6.17. The standard InChI is InChI=1S/C14H28N2O/c1-16(11-13-7-3-6-10-15-13)12-14(17)8-4-2-5-9-14/h13,15,17H,2-12H2,1H3. The largest absolute Gasteiger partial charge is 0.389 e. The van der Waals surface area contributed by atoms with Gasteiger partial charge in [0.05, 0.1) is 5.60 Å². The van der Waals surface area contributed by atoms with Gasteiger partial charge >= 0.3 is 0 Å². The van der Waals surface area contributed by atoms with Gasteiger partial charge in [-0.05, 0) is 39.3 Å². The molecule has 2 fully saturated rings. The van der Waals surface area contributed by atoms with Gasteiger partial charge < -0.3 is 15.3 Å². The summed E-state index contributed by atoms with van der Waals surface area (Å²) in [7, 11) is 2.16. The van der Waals surface area contributed by atoms with Crippen molar-refractivity contribution in [1.29, 1.82) is 0 Å². The molecule has 2 aliphatic rings. The van der Waals surface area contributed by atoms with Gasteiger partial charge in [-0.15, -0.1) is 0 Å². The minimum absolute atomic E-state index is 0.401. The summed E-state index contributed by atoms with van der Waals surface area (Å²) in [5.41, 5.74) is -0.401. The predicted molar refractivity (Wildman–Crippen MR) is 71.2 cm³/mol. The van der Waals surface area contributed by atoms with Crippen LogP contribution in [-0.4, -0.2) is 48.3 Å². The third-order valence-corrected chi connectivity index (χ3v) is 4.29. The highest BCUT2D eigenvalue weighted by molar-refractivity contribution is 4.86. The van der Waals surface area contributed by atoms with Crippen molar-refractivity contribution in [2.24, 2.45) is 0 Å². The van der Waals surface area contributed by atoms with Crippen LogP contribution in [0.15, 0.2) is 0 Å². The molecule has 1 unspecified atom stereocenters. The molecule has 100 valence electrons. The molecule has 1 saturated carbocycles. The number of piperidine rings is 1. The van der Waals surface area contributed by atoms with Crippen molar-refractivity contribution >= 4 is 0 Å². The van der Waals surface area contributed by atoms with Crippen molar-refractivity contribution in [2.45, 2.75) is 63.0 Å². The van der Waals surface area contributed by atoms with E-state index in [9.17, 15) is 5.11 Å². The Morgan fingerprint density at radius 1 is 1.18 bits per heavy atom. The normalized spacial score (nSPS) is 29.5. The van der Waals surface area contributed by atoms with Gasteiger partial charge in [-0.2, -0.15) is 0 Å². The first-order chi connectivity index (χ1) is 8.18. The molecule has 0 bridgehead atoms. The molecule has 1 aliphatic heterocycles. The molecule has 0 spiro atoms. The van der Waals surface area contributed by atoms with Crippen LogP contribution in [0.4, 0.5) is 0 Å². The van der Waals surface area contributed by atoms with E-state index in [1.54, 1.807) is 0 Å². The maximum atomic E-state index is 10.5. The Labute approximate surface area is 106 Å². The highest BCUT2D eigenvalue weighted by Gasteiger charge is 2.30. The van der Waals surface area contributed by atoms with Crippen LogP contribution in [0.25, 0.3) is 0 Å². The second-order valence-corrected chi connectivity index (χ2v) is 6.13. The Morgan fingerprint density at radius 3 is 2.59 bits per heavy atom. The molecule has 0 aromatic rings. The van der Waals surface area contributed by atoms with Crippen molar-refractivity contribution in [1.82, 2.24) is 10.2 Å². The smallest absolute Gasteiger partial charge is 0.0774 e. The van der Waals surface area contributed by atoms with Crippen LogP contribution in [0.2, 0.25) is 0 Å². The summed E-state index contributed by atoms with van der Waals surface area (Å²) in [6.07, 6.45) is 9.67. The van der Waals surface area contributed by atoms with E-state index in [2.05, 4.69) is 17.3 Å². The molecule has 1 heterocycles. The van der Waals surface area contributed by atoms with E-state index in [-0.39, 0.29) is 0 Å². The predicted octanol–water partition coefficient (Wildman–Crippen LogP) is 1.76. The monoisotopic (exact) mass is 240 g/mol. The van der Waals surface area contributed by atoms with E-state index >= 15 is 0 Å². The average Bonchev–Trinajstić information content (AvgIpc) is 2.30. The summed E-state index contributed by atoms with van der Waals surface area (Å²) in [5.74, 6) is 0. The third-order valence-electron chi connectivity index (χ3n) is 4.29. The number of hydrogen-bond acceptors (Lipinski definition) is 3. The Morgan fingerprint density at radius 2 is 1.94 bits per heavy atom. The zero-order valence-electron chi connectivity index (χ0n) is 11.2. The Hall–Kier alpha value is -0.120. The summed E-state index contributed by atoms with van der Waals surface area (Å²) in [6, 6.07) is 0.640. The second-order valence-electron chi connectivity index (χ2n) is 6.13. The zero-order chi connectivity index (χ0) is 12.1. The van der Waals surface area contributed by atoms with Crippen LogP contribution in [0.5, 0.6) is 0 Å². The molecule has 1 saturated heterocycles. The summed E-state index contributed by atoms with van der Waals surface area (Å²) in [6.45, 7) is 3.11. The van der Waals surface area contributed by atoms with Crippen LogP contribution in [0, 0.1) is 0 Å². The molecule has 1 atom stereocenters. The number of aliphatic hydroxyl groups is 1. The quantitative estimate of drug-likeness (QED) is 0.786. The highest BCUT2D eigenvalue weighted by Crippen LogP contribution is 2.28. The van der Waals surface area contributed by atoms with Crippen molar-refractivity contribution in [3.8, 4) is 0 Å². The van der Waals surface area contributed by atoms with Crippen LogP contribution in [0.1, 0.15) is 51.4 Å². The number of nitrogens with one attached hydrogen (secondary N) is 1. The SMILES string of the molecule is CN(CC1CCCCN1)CC1(O)CCCCC1. The first-order valence-electron chi connectivity index (χ1n) is 7.32. The summed E-state index contributed by atoms with van der Waals surface area (Å²) in [5, 5.41) is 14.1. The van der Waals surface area contributed by atoms with Crippen LogP contribution in [0.3, 0.4) is 0 Å². The third kappa shape index (κ3) is 4.23.